The van der Waals surface area contributed by atoms with Gasteiger partial charge in [0.2, 0.25) is 5.88 Å². The minimum absolute atomic E-state index is 0.309. The second-order valence-corrected chi connectivity index (χ2v) is 3.72. The minimum Gasteiger partial charge on any atom is -0.388 e. The molecule has 0 aliphatic carbocycles. The molecule has 0 N–H and O–H groups in total. The zero-order valence-corrected chi connectivity index (χ0v) is 9.65. The van der Waals surface area contributed by atoms with Gasteiger partial charge in [0.25, 0.3) is 0 Å². The van der Waals surface area contributed by atoms with Crippen LogP contribution in [0.5, 0.6) is 5.88 Å². The fourth-order valence-electron chi connectivity index (χ4n) is 1.05. The molecule has 0 amide bonds. The van der Waals surface area contributed by atoms with Gasteiger partial charge in [-0.2, -0.15) is 13.2 Å². The Balaban J connectivity index is 3.32. The van der Waals surface area contributed by atoms with Gasteiger partial charge in [0, 0.05) is 10.5 Å². The summed E-state index contributed by atoms with van der Waals surface area (Å²) in [5.41, 5.74) is -2.66. The number of aldehydes is 1. The number of nitrogens with zero attached hydrogens (tertiary/aromatic N) is 1. The van der Waals surface area contributed by atoms with E-state index in [-0.39, 0.29) is 6.29 Å². The molecule has 3 nitrogen and oxygen atoms in total. The van der Waals surface area contributed by atoms with Gasteiger partial charge in [-0.3, -0.25) is 4.79 Å². The summed E-state index contributed by atoms with van der Waals surface area (Å²) >= 11 is 2.42. The van der Waals surface area contributed by atoms with E-state index in [0.29, 0.717) is 6.07 Å². The SMILES string of the molecule is O=Cc1nc(OC(F)(F)F)cc(Br)c1C(F)(F)F. The Morgan fingerprint density at radius 2 is 1.78 bits per heavy atom. The first-order chi connectivity index (χ1) is 8.04. The van der Waals surface area contributed by atoms with Crippen LogP contribution in [0.3, 0.4) is 0 Å². The first kappa shape index (κ1) is 14.7. The second kappa shape index (κ2) is 4.75. The molecule has 0 bridgehead atoms. The number of hydrogen-bond donors (Lipinski definition) is 0. The number of halogens is 7. The summed E-state index contributed by atoms with van der Waals surface area (Å²) in [4.78, 5) is 13.3. The number of pyridine rings is 1. The topological polar surface area (TPSA) is 39.2 Å². The van der Waals surface area contributed by atoms with Crippen molar-refractivity contribution in [1.29, 1.82) is 0 Å². The van der Waals surface area contributed by atoms with Gasteiger partial charge in [-0.25, -0.2) is 4.98 Å². The summed E-state index contributed by atoms with van der Waals surface area (Å²) in [6.07, 6.45) is -10.4. The third-order valence-electron chi connectivity index (χ3n) is 1.59. The van der Waals surface area contributed by atoms with Gasteiger partial charge in [-0.1, -0.05) is 0 Å². The molecule has 0 spiro atoms. The Hall–Kier alpha value is -1.32. The Bertz CT molecular complexity index is 470. The van der Waals surface area contributed by atoms with Gasteiger partial charge in [0.15, 0.2) is 6.29 Å². The van der Waals surface area contributed by atoms with Crippen LogP contribution in [0.4, 0.5) is 26.3 Å². The van der Waals surface area contributed by atoms with Crippen molar-refractivity contribution in [3.05, 3.63) is 21.8 Å². The molecule has 1 aromatic rings. The van der Waals surface area contributed by atoms with E-state index in [0.717, 1.165) is 0 Å². The van der Waals surface area contributed by atoms with Crippen LogP contribution in [-0.2, 0) is 6.18 Å². The van der Waals surface area contributed by atoms with Gasteiger partial charge in [-0.15, -0.1) is 13.2 Å². The van der Waals surface area contributed by atoms with E-state index in [9.17, 15) is 31.1 Å². The largest absolute Gasteiger partial charge is 0.574 e. The molecule has 0 fully saturated rings. The zero-order valence-electron chi connectivity index (χ0n) is 8.06. The van der Waals surface area contributed by atoms with Gasteiger partial charge in [0.05, 0.1) is 5.56 Å². The van der Waals surface area contributed by atoms with E-state index in [1.165, 1.54) is 0 Å². The van der Waals surface area contributed by atoms with E-state index >= 15 is 0 Å². The normalized spacial score (nSPS) is 12.4. The Kier molecular flexibility index (Phi) is 3.89. The predicted octanol–water partition coefficient (Wildman–Crippen LogP) is 3.57. The van der Waals surface area contributed by atoms with Gasteiger partial charge in [0.1, 0.15) is 5.69 Å². The van der Waals surface area contributed by atoms with Crippen molar-refractivity contribution in [1.82, 2.24) is 4.98 Å². The monoisotopic (exact) mass is 337 g/mol. The molecular weight excluding hydrogens is 336 g/mol. The van der Waals surface area contributed by atoms with Crippen LogP contribution in [0, 0.1) is 0 Å². The van der Waals surface area contributed by atoms with Crippen molar-refractivity contribution in [2.24, 2.45) is 0 Å². The van der Waals surface area contributed by atoms with E-state index < -0.39 is 34.1 Å². The van der Waals surface area contributed by atoms with Crippen molar-refractivity contribution >= 4 is 22.2 Å². The van der Waals surface area contributed by atoms with Crippen molar-refractivity contribution in [3.63, 3.8) is 0 Å². The first-order valence-electron chi connectivity index (χ1n) is 4.03. The summed E-state index contributed by atoms with van der Waals surface area (Å²) in [5, 5.41) is 0. The number of rotatable bonds is 2. The fraction of sp³-hybridized carbons (Fsp3) is 0.250. The van der Waals surface area contributed by atoms with Crippen LogP contribution in [0.2, 0.25) is 0 Å². The lowest BCUT2D eigenvalue weighted by molar-refractivity contribution is -0.276. The lowest BCUT2D eigenvalue weighted by Crippen LogP contribution is -2.19. The van der Waals surface area contributed by atoms with Crippen LogP contribution in [-0.4, -0.2) is 17.6 Å². The molecule has 0 aromatic carbocycles. The highest BCUT2D eigenvalue weighted by molar-refractivity contribution is 9.10. The smallest absolute Gasteiger partial charge is 0.388 e. The summed E-state index contributed by atoms with van der Waals surface area (Å²) in [7, 11) is 0. The second-order valence-electron chi connectivity index (χ2n) is 2.87. The summed E-state index contributed by atoms with van der Waals surface area (Å²) in [5.74, 6) is -1.16. The van der Waals surface area contributed by atoms with Gasteiger partial charge in [-0.05, 0) is 15.9 Å². The molecule has 0 saturated heterocycles. The Morgan fingerprint density at radius 3 is 2.17 bits per heavy atom. The molecule has 100 valence electrons. The maximum absolute atomic E-state index is 12.5. The third-order valence-corrected chi connectivity index (χ3v) is 2.22. The van der Waals surface area contributed by atoms with Crippen LogP contribution in [0.25, 0.3) is 0 Å². The van der Waals surface area contributed by atoms with E-state index in [2.05, 4.69) is 25.7 Å². The molecule has 0 aliphatic rings. The first-order valence-corrected chi connectivity index (χ1v) is 4.82. The molecule has 10 heteroatoms. The average Bonchev–Trinajstić information content (AvgIpc) is 2.11. The van der Waals surface area contributed by atoms with Crippen molar-refractivity contribution < 1.29 is 35.9 Å². The van der Waals surface area contributed by atoms with Gasteiger partial charge >= 0.3 is 12.5 Å². The quantitative estimate of drug-likeness (QED) is 0.611. The lowest BCUT2D eigenvalue weighted by Gasteiger charge is -2.13. The Morgan fingerprint density at radius 1 is 1.22 bits per heavy atom. The molecule has 0 radical (unpaired) electrons. The standard InChI is InChI=1S/C8H2BrF6NO2/c9-3-1-5(18-8(13,14)15)16-4(2-17)6(3)7(10,11)12/h1-2H. The minimum atomic E-state index is -5.12. The van der Waals surface area contributed by atoms with Crippen LogP contribution in [0.1, 0.15) is 16.1 Å². The van der Waals surface area contributed by atoms with Gasteiger partial charge < -0.3 is 4.74 Å². The maximum Gasteiger partial charge on any atom is 0.574 e. The number of ether oxygens (including phenoxy) is 1. The average molecular weight is 338 g/mol. The molecule has 0 aliphatic heterocycles. The highest BCUT2D eigenvalue weighted by Crippen LogP contribution is 2.38. The van der Waals surface area contributed by atoms with Crippen LogP contribution >= 0.6 is 15.9 Å². The van der Waals surface area contributed by atoms with E-state index in [4.69, 9.17) is 0 Å². The van der Waals surface area contributed by atoms with Crippen molar-refractivity contribution in [2.75, 3.05) is 0 Å². The fourth-order valence-corrected chi connectivity index (χ4v) is 1.67. The van der Waals surface area contributed by atoms with Crippen LogP contribution in [0.15, 0.2) is 10.5 Å². The Labute approximate surface area is 104 Å². The van der Waals surface area contributed by atoms with Crippen molar-refractivity contribution in [2.45, 2.75) is 12.5 Å². The van der Waals surface area contributed by atoms with E-state index in [1.54, 1.807) is 0 Å². The third kappa shape index (κ3) is 3.59. The zero-order chi connectivity index (χ0) is 14.1. The number of hydrogen-bond acceptors (Lipinski definition) is 3. The maximum atomic E-state index is 12.5. The number of aromatic nitrogens is 1. The molecule has 1 heterocycles. The molecule has 0 atom stereocenters. The molecule has 1 aromatic heterocycles. The number of carbonyl (C=O) groups excluding carboxylic acids is 1. The summed E-state index contributed by atoms with van der Waals surface area (Å²) < 4.78 is 75.5. The summed E-state index contributed by atoms with van der Waals surface area (Å²) in [6, 6.07) is 0.378. The van der Waals surface area contributed by atoms with Crippen molar-refractivity contribution in [3.8, 4) is 5.88 Å². The van der Waals surface area contributed by atoms with E-state index in [1.807, 2.05) is 0 Å². The molecule has 1 rings (SSSR count). The molecule has 0 saturated carbocycles. The highest BCUT2D eigenvalue weighted by Gasteiger charge is 2.38. The molecule has 18 heavy (non-hydrogen) atoms. The molecule has 0 unspecified atom stereocenters. The van der Waals surface area contributed by atoms with Crippen LogP contribution < -0.4 is 4.74 Å². The predicted molar refractivity (Wildman–Crippen MR) is 49.0 cm³/mol. The molecular formula is C8H2BrF6NO2. The summed E-state index contributed by atoms with van der Waals surface area (Å²) in [6.45, 7) is 0. The number of carbonyl (C=O) groups is 1. The number of alkyl halides is 6. The highest BCUT2D eigenvalue weighted by atomic mass is 79.9. The lowest BCUT2D eigenvalue weighted by atomic mass is 10.2.